The van der Waals surface area contributed by atoms with Gasteiger partial charge in [-0.1, -0.05) is 12.2 Å². The van der Waals surface area contributed by atoms with E-state index >= 15 is 0 Å². The van der Waals surface area contributed by atoms with Crippen molar-refractivity contribution in [2.75, 3.05) is 6.61 Å². The highest BCUT2D eigenvalue weighted by Gasteiger charge is 2.38. The van der Waals surface area contributed by atoms with E-state index in [4.69, 9.17) is 18.9 Å². The Hall–Kier alpha value is -1.66. The Labute approximate surface area is 150 Å². The van der Waals surface area contributed by atoms with Crippen LogP contribution < -0.4 is 0 Å². The molecule has 1 aliphatic rings. The van der Waals surface area contributed by atoms with Crippen molar-refractivity contribution in [2.24, 2.45) is 0 Å². The molecule has 0 saturated carbocycles. The van der Waals surface area contributed by atoms with Crippen LogP contribution in [0.15, 0.2) is 24.3 Å². The lowest BCUT2D eigenvalue weighted by Gasteiger charge is -2.15. The molecule has 6 nitrogen and oxygen atoms in total. The van der Waals surface area contributed by atoms with Gasteiger partial charge in [-0.2, -0.15) is 0 Å². The first-order valence-electron chi connectivity index (χ1n) is 8.78. The van der Waals surface area contributed by atoms with Crippen LogP contribution in [0.1, 0.15) is 53.9 Å². The van der Waals surface area contributed by atoms with E-state index in [2.05, 4.69) is 0 Å². The van der Waals surface area contributed by atoms with Crippen LogP contribution in [0.4, 0.5) is 0 Å². The topological polar surface area (TPSA) is 71.1 Å². The maximum Gasteiger partial charge on any atom is 0.330 e. The Kier molecular flexibility index (Phi) is 8.86. The Morgan fingerprint density at radius 3 is 2.44 bits per heavy atom. The molecule has 1 saturated heterocycles. The van der Waals surface area contributed by atoms with Crippen LogP contribution >= 0.6 is 0 Å². The van der Waals surface area contributed by atoms with Crippen LogP contribution in [0.3, 0.4) is 0 Å². The molecule has 25 heavy (non-hydrogen) atoms. The minimum atomic E-state index is -0.706. The predicted molar refractivity (Wildman–Crippen MR) is 93.8 cm³/mol. The summed E-state index contributed by atoms with van der Waals surface area (Å²) in [6, 6.07) is 0. The molecule has 0 spiro atoms. The SMILES string of the molecule is CCOC(=O)/C=C/[C@@H]1OC(C)(C)O[C@@H]1/C=C/CCC[C@H](C)OC(C)=O. The zero-order valence-electron chi connectivity index (χ0n) is 15.8. The van der Waals surface area contributed by atoms with Gasteiger partial charge in [0.05, 0.1) is 12.7 Å². The first kappa shape index (κ1) is 21.4. The molecule has 0 amide bonds. The number of esters is 2. The highest BCUT2D eigenvalue weighted by atomic mass is 16.7. The Balaban J connectivity index is 2.47. The molecule has 0 aromatic heterocycles. The summed E-state index contributed by atoms with van der Waals surface area (Å²) < 4.78 is 21.6. The normalized spacial score (nSPS) is 23.9. The number of hydrogen-bond acceptors (Lipinski definition) is 6. The molecule has 0 aromatic carbocycles. The molecule has 0 N–H and O–H groups in total. The van der Waals surface area contributed by atoms with E-state index in [0.717, 1.165) is 19.3 Å². The second-order valence-electron chi connectivity index (χ2n) is 6.46. The molecule has 1 fully saturated rings. The number of allylic oxidation sites excluding steroid dienone is 1. The molecule has 6 heteroatoms. The third-order valence-corrected chi connectivity index (χ3v) is 3.55. The largest absolute Gasteiger partial charge is 0.463 e. The summed E-state index contributed by atoms with van der Waals surface area (Å²) in [6.07, 6.45) is 8.92. The summed E-state index contributed by atoms with van der Waals surface area (Å²) in [5.41, 5.74) is 0. The van der Waals surface area contributed by atoms with E-state index in [0.29, 0.717) is 6.61 Å². The summed E-state index contributed by atoms with van der Waals surface area (Å²) in [5, 5.41) is 0. The fraction of sp³-hybridized carbons (Fsp3) is 0.684. The number of rotatable bonds is 9. The predicted octanol–water partition coefficient (Wildman–Crippen LogP) is 3.30. The van der Waals surface area contributed by atoms with E-state index in [1.165, 1.54) is 13.0 Å². The molecular weight excluding hydrogens is 324 g/mol. The van der Waals surface area contributed by atoms with Gasteiger partial charge in [0.1, 0.15) is 12.2 Å². The zero-order valence-corrected chi connectivity index (χ0v) is 15.8. The molecule has 142 valence electrons. The van der Waals surface area contributed by atoms with E-state index in [9.17, 15) is 9.59 Å². The molecule has 0 aromatic rings. The summed E-state index contributed by atoms with van der Waals surface area (Å²) >= 11 is 0. The quantitative estimate of drug-likeness (QED) is 0.274. The van der Waals surface area contributed by atoms with Gasteiger partial charge in [0.15, 0.2) is 5.79 Å². The smallest absolute Gasteiger partial charge is 0.330 e. The van der Waals surface area contributed by atoms with Crippen molar-refractivity contribution in [1.82, 2.24) is 0 Å². The van der Waals surface area contributed by atoms with Gasteiger partial charge < -0.3 is 18.9 Å². The maximum absolute atomic E-state index is 11.4. The molecule has 1 rings (SSSR count). The van der Waals surface area contributed by atoms with Gasteiger partial charge in [0, 0.05) is 13.0 Å². The van der Waals surface area contributed by atoms with Gasteiger partial charge in [0.25, 0.3) is 0 Å². The number of carbonyl (C=O) groups excluding carboxylic acids is 2. The second kappa shape index (κ2) is 10.4. The summed E-state index contributed by atoms with van der Waals surface area (Å²) in [5.74, 6) is -1.35. The van der Waals surface area contributed by atoms with Gasteiger partial charge in [-0.25, -0.2) is 4.79 Å². The number of hydrogen-bond donors (Lipinski definition) is 0. The number of unbranched alkanes of at least 4 members (excludes halogenated alkanes) is 1. The molecule has 0 bridgehead atoms. The molecule has 3 atom stereocenters. The summed E-state index contributed by atoms with van der Waals surface area (Å²) in [7, 11) is 0. The zero-order chi connectivity index (χ0) is 18.9. The molecule has 1 heterocycles. The van der Waals surface area contributed by atoms with Crippen molar-refractivity contribution in [1.29, 1.82) is 0 Å². The first-order valence-corrected chi connectivity index (χ1v) is 8.78. The first-order chi connectivity index (χ1) is 11.7. The standard InChI is InChI=1S/C19H30O6/c1-6-22-18(21)13-12-17-16(24-19(4,5)25-17)11-9-7-8-10-14(2)23-15(3)20/h9,11-14,16-17H,6-8,10H2,1-5H3/b11-9+,13-12+/t14-,16+,17-/m0/s1. The van der Waals surface area contributed by atoms with Gasteiger partial charge in [0.2, 0.25) is 0 Å². The fourth-order valence-corrected chi connectivity index (χ4v) is 2.57. The third kappa shape index (κ3) is 8.84. The van der Waals surface area contributed by atoms with Crippen LogP contribution in [-0.2, 0) is 28.5 Å². The van der Waals surface area contributed by atoms with E-state index < -0.39 is 11.8 Å². The van der Waals surface area contributed by atoms with Crippen molar-refractivity contribution < 1.29 is 28.5 Å². The molecular formula is C19H30O6. The van der Waals surface area contributed by atoms with E-state index in [-0.39, 0.29) is 24.3 Å². The van der Waals surface area contributed by atoms with Crippen LogP contribution in [0.5, 0.6) is 0 Å². The van der Waals surface area contributed by atoms with E-state index in [1.54, 1.807) is 13.0 Å². The summed E-state index contributed by atoms with van der Waals surface area (Å²) in [4.78, 5) is 22.3. The van der Waals surface area contributed by atoms with Gasteiger partial charge in [-0.15, -0.1) is 0 Å². The monoisotopic (exact) mass is 354 g/mol. The average Bonchev–Trinajstić information content (AvgIpc) is 2.78. The molecule has 0 radical (unpaired) electrons. The lowest BCUT2D eigenvalue weighted by atomic mass is 10.1. The summed E-state index contributed by atoms with van der Waals surface area (Å²) in [6.45, 7) is 9.08. The molecule has 0 unspecified atom stereocenters. The van der Waals surface area contributed by atoms with Crippen molar-refractivity contribution in [3.8, 4) is 0 Å². The van der Waals surface area contributed by atoms with Crippen LogP contribution in [0, 0.1) is 0 Å². The average molecular weight is 354 g/mol. The lowest BCUT2D eigenvalue weighted by molar-refractivity contribution is -0.145. The highest BCUT2D eigenvalue weighted by molar-refractivity contribution is 5.82. The van der Waals surface area contributed by atoms with Crippen molar-refractivity contribution in [2.45, 2.75) is 78.0 Å². The van der Waals surface area contributed by atoms with Crippen LogP contribution in [-0.4, -0.2) is 42.6 Å². The van der Waals surface area contributed by atoms with Gasteiger partial charge in [-0.3, -0.25) is 4.79 Å². The minimum absolute atomic E-state index is 0.0730. The van der Waals surface area contributed by atoms with E-state index in [1.807, 2.05) is 32.9 Å². The van der Waals surface area contributed by atoms with Crippen molar-refractivity contribution in [3.63, 3.8) is 0 Å². The highest BCUT2D eigenvalue weighted by Crippen LogP contribution is 2.29. The minimum Gasteiger partial charge on any atom is -0.463 e. The Bertz CT molecular complexity index is 494. The Morgan fingerprint density at radius 1 is 1.20 bits per heavy atom. The van der Waals surface area contributed by atoms with Gasteiger partial charge in [-0.05, 0) is 53.0 Å². The third-order valence-electron chi connectivity index (χ3n) is 3.55. The number of ether oxygens (including phenoxy) is 4. The fourth-order valence-electron chi connectivity index (χ4n) is 2.57. The second-order valence-corrected chi connectivity index (χ2v) is 6.46. The molecule has 0 aliphatic carbocycles. The number of carbonyl (C=O) groups is 2. The van der Waals surface area contributed by atoms with Crippen LogP contribution in [0.2, 0.25) is 0 Å². The lowest BCUT2D eigenvalue weighted by Crippen LogP contribution is -2.20. The molecule has 1 aliphatic heterocycles. The van der Waals surface area contributed by atoms with Gasteiger partial charge >= 0.3 is 11.9 Å². The van der Waals surface area contributed by atoms with Crippen molar-refractivity contribution >= 4 is 11.9 Å². The maximum atomic E-state index is 11.4. The Morgan fingerprint density at radius 2 is 1.84 bits per heavy atom. The van der Waals surface area contributed by atoms with Crippen molar-refractivity contribution in [3.05, 3.63) is 24.3 Å². The van der Waals surface area contributed by atoms with Crippen LogP contribution in [0.25, 0.3) is 0 Å².